The molecule has 1 saturated heterocycles. The third-order valence-corrected chi connectivity index (χ3v) is 4.79. The number of nitrogens with zero attached hydrogens (tertiary/aromatic N) is 3. The molecule has 1 aliphatic rings. The number of benzene rings is 1. The molecule has 1 amide bonds. The minimum Gasteiger partial charge on any atom is -0.342 e. The fourth-order valence-corrected chi connectivity index (χ4v) is 3.55. The van der Waals surface area contributed by atoms with Crippen molar-refractivity contribution in [3.05, 3.63) is 59.7 Å². The van der Waals surface area contributed by atoms with Crippen molar-refractivity contribution in [2.75, 3.05) is 13.1 Å². The highest BCUT2D eigenvalue weighted by Crippen LogP contribution is 2.30. The Morgan fingerprint density at radius 3 is 3.12 bits per heavy atom. The number of piperidine rings is 1. The predicted octanol–water partition coefficient (Wildman–Crippen LogP) is 3.05. The van der Waals surface area contributed by atoms with Crippen LogP contribution in [0, 0.1) is 5.82 Å². The van der Waals surface area contributed by atoms with E-state index in [1.54, 1.807) is 18.3 Å². The molecular weight excluding hydrogens is 319 g/mol. The van der Waals surface area contributed by atoms with Crippen molar-refractivity contribution in [1.82, 2.24) is 20.1 Å². The normalized spacial score (nSPS) is 17.8. The Labute approximate surface area is 144 Å². The summed E-state index contributed by atoms with van der Waals surface area (Å²) in [5, 5.41) is 8.38. The third kappa shape index (κ3) is 3.24. The van der Waals surface area contributed by atoms with Crippen molar-refractivity contribution in [3.63, 3.8) is 0 Å². The summed E-state index contributed by atoms with van der Waals surface area (Å²) in [4.78, 5) is 18.8. The van der Waals surface area contributed by atoms with Gasteiger partial charge in [-0.15, -0.1) is 0 Å². The van der Waals surface area contributed by atoms with Crippen molar-refractivity contribution < 1.29 is 9.18 Å². The summed E-state index contributed by atoms with van der Waals surface area (Å²) in [6, 6.07) is 10.2. The lowest BCUT2D eigenvalue weighted by Crippen LogP contribution is -2.40. The molecule has 2 aromatic heterocycles. The van der Waals surface area contributed by atoms with Crippen molar-refractivity contribution in [2.24, 2.45) is 0 Å². The lowest BCUT2D eigenvalue weighted by molar-refractivity contribution is -0.131. The van der Waals surface area contributed by atoms with Crippen LogP contribution in [-0.4, -0.2) is 39.1 Å². The molecule has 1 atom stereocenters. The number of halogens is 1. The second kappa shape index (κ2) is 6.63. The Bertz CT molecular complexity index is 907. The van der Waals surface area contributed by atoms with Crippen LogP contribution in [-0.2, 0) is 11.2 Å². The molecule has 1 aromatic carbocycles. The first-order valence-electron chi connectivity index (χ1n) is 8.52. The first-order chi connectivity index (χ1) is 12.2. The van der Waals surface area contributed by atoms with Crippen LogP contribution in [0.5, 0.6) is 0 Å². The van der Waals surface area contributed by atoms with Crippen LogP contribution in [0.4, 0.5) is 4.39 Å². The molecule has 0 unspecified atom stereocenters. The quantitative estimate of drug-likeness (QED) is 0.798. The molecule has 0 bridgehead atoms. The third-order valence-electron chi connectivity index (χ3n) is 4.79. The van der Waals surface area contributed by atoms with Crippen molar-refractivity contribution in [1.29, 1.82) is 0 Å². The number of aromatic amines is 1. The molecule has 4 rings (SSSR count). The number of carbonyl (C=O) groups excluding carboxylic acids is 1. The van der Waals surface area contributed by atoms with Crippen molar-refractivity contribution >= 4 is 16.9 Å². The average molecular weight is 338 g/mol. The number of nitrogens with one attached hydrogen (secondary N) is 1. The van der Waals surface area contributed by atoms with Gasteiger partial charge in [-0.05, 0) is 42.7 Å². The first kappa shape index (κ1) is 15.7. The number of H-pyrrole nitrogens is 1. The van der Waals surface area contributed by atoms with Gasteiger partial charge in [-0.2, -0.15) is 5.10 Å². The topological polar surface area (TPSA) is 61.9 Å². The molecule has 6 heteroatoms. The molecule has 0 radical (unpaired) electrons. The molecule has 3 aromatic rings. The zero-order valence-electron chi connectivity index (χ0n) is 13.8. The summed E-state index contributed by atoms with van der Waals surface area (Å²) in [5.74, 6) is -0.0464. The average Bonchev–Trinajstić information content (AvgIpc) is 3.06. The minimum atomic E-state index is -0.307. The zero-order chi connectivity index (χ0) is 17.2. The largest absolute Gasteiger partial charge is 0.342 e. The van der Waals surface area contributed by atoms with E-state index in [2.05, 4.69) is 15.2 Å². The Balaban J connectivity index is 1.50. The molecule has 1 N–H and O–H groups in total. The van der Waals surface area contributed by atoms with E-state index in [0.29, 0.717) is 17.8 Å². The standard InChI is InChI=1S/C19H19FN4O/c20-15-6-1-4-13(10-15)11-17(25)24-9-3-5-14(12-24)18-16-7-2-8-21-19(16)23-22-18/h1-2,4,6-8,10,14H,3,5,9,11-12H2,(H,21,22,23)/t14-/m1/s1. The van der Waals surface area contributed by atoms with E-state index in [0.717, 1.165) is 30.5 Å². The smallest absolute Gasteiger partial charge is 0.227 e. The minimum absolute atomic E-state index is 0.0391. The van der Waals surface area contributed by atoms with E-state index in [-0.39, 0.29) is 24.1 Å². The van der Waals surface area contributed by atoms with Gasteiger partial charge in [0.1, 0.15) is 5.82 Å². The zero-order valence-corrected chi connectivity index (χ0v) is 13.8. The van der Waals surface area contributed by atoms with Gasteiger partial charge < -0.3 is 4.90 Å². The molecule has 1 aliphatic heterocycles. The summed E-state index contributed by atoms with van der Waals surface area (Å²) < 4.78 is 13.3. The number of hydrogen-bond acceptors (Lipinski definition) is 3. The fraction of sp³-hybridized carbons (Fsp3) is 0.316. The van der Waals surface area contributed by atoms with Gasteiger partial charge in [-0.1, -0.05) is 12.1 Å². The lowest BCUT2D eigenvalue weighted by Gasteiger charge is -2.32. The van der Waals surface area contributed by atoms with E-state index < -0.39 is 0 Å². The summed E-state index contributed by atoms with van der Waals surface area (Å²) in [5.41, 5.74) is 2.47. The highest BCUT2D eigenvalue weighted by atomic mass is 19.1. The van der Waals surface area contributed by atoms with Gasteiger partial charge in [-0.25, -0.2) is 9.37 Å². The van der Waals surface area contributed by atoms with Crippen LogP contribution in [0.2, 0.25) is 0 Å². The summed E-state index contributed by atoms with van der Waals surface area (Å²) in [6.45, 7) is 1.40. The van der Waals surface area contributed by atoms with Crippen molar-refractivity contribution in [3.8, 4) is 0 Å². The second-order valence-corrected chi connectivity index (χ2v) is 6.50. The predicted molar refractivity (Wildman–Crippen MR) is 92.5 cm³/mol. The molecule has 0 aliphatic carbocycles. The first-order valence-corrected chi connectivity index (χ1v) is 8.52. The van der Waals surface area contributed by atoms with E-state index in [1.807, 2.05) is 17.0 Å². The highest BCUT2D eigenvalue weighted by molar-refractivity contribution is 5.80. The lowest BCUT2D eigenvalue weighted by atomic mass is 9.93. The molecule has 25 heavy (non-hydrogen) atoms. The van der Waals surface area contributed by atoms with Crippen LogP contribution >= 0.6 is 0 Å². The monoisotopic (exact) mass is 338 g/mol. The molecule has 3 heterocycles. The van der Waals surface area contributed by atoms with Crippen LogP contribution in [0.3, 0.4) is 0 Å². The van der Waals surface area contributed by atoms with Crippen LogP contribution in [0.25, 0.3) is 11.0 Å². The molecule has 128 valence electrons. The number of pyridine rings is 1. The maximum Gasteiger partial charge on any atom is 0.227 e. The van der Waals surface area contributed by atoms with Gasteiger partial charge in [0, 0.05) is 36.3 Å². The summed E-state index contributed by atoms with van der Waals surface area (Å²) in [6.07, 6.45) is 3.91. The van der Waals surface area contributed by atoms with Gasteiger partial charge in [0.2, 0.25) is 5.91 Å². The van der Waals surface area contributed by atoms with Crippen LogP contribution in [0.1, 0.15) is 30.0 Å². The Morgan fingerprint density at radius 2 is 2.24 bits per heavy atom. The summed E-state index contributed by atoms with van der Waals surface area (Å²) >= 11 is 0. The number of rotatable bonds is 3. The van der Waals surface area contributed by atoms with E-state index in [9.17, 15) is 9.18 Å². The van der Waals surface area contributed by atoms with Crippen LogP contribution in [0.15, 0.2) is 42.6 Å². The Morgan fingerprint density at radius 1 is 1.32 bits per heavy atom. The second-order valence-electron chi connectivity index (χ2n) is 6.50. The van der Waals surface area contributed by atoms with E-state index in [1.165, 1.54) is 12.1 Å². The van der Waals surface area contributed by atoms with Gasteiger partial charge >= 0.3 is 0 Å². The Kier molecular flexibility index (Phi) is 4.17. The highest BCUT2D eigenvalue weighted by Gasteiger charge is 2.27. The van der Waals surface area contributed by atoms with Crippen molar-refractivity contribution in [2.45, 2.75) is 25.2 Å². The molecule has 5 nitrogen and oxygen atoms in total. The number of likely N-dealkylation sites (tertiary alicyclic amines) is 1. The number of amides is 1. The maximum atomic E-state index is 13.3. The van der Waals surface area contributed by atoms with Gasteiger partial charge in [-0.3, -0.25) is 9.89 Å². The van der Waals surface area contributed by atoms with Crippen LogP contribution < -0.4 is 0 Å². The SMILES string of the molecule is O=C(Cc1cccc(F)c1)N1CCC[C@@H](c2[nH]nc3ncccc23)C1. The van der Waals surface area contributed by atoms with Gasteiger partial charge in [0.05, 0.1) is 6.42 Å². The van der Waals surface area contributed by atoms with Gasteiger partial charge in [0.25, 0.3) is 0 Å². The number of fused-ring (bicyclic) bond motifs is 1. The molecule has 1 fully saturated rings. The fourth-order valence-electron chi connectivity index (χ4n) is 3.55. The number of hydrogen-bond donors (Lipinski definition) is 1. The number of carbonyl (C=O) groups is 1. The Hall–Kier alpha value is -2.76. The molecular formula is C19H19FN4O. The molecule has 0 spiro atoms. The van der Waals surface area contributed by atoms with E-state index in [4.69, 9.17) is 0 Å². The van der Waals surface area contributed by atoms with E-state index >= 15 is 0 Å². The number of aromatic nitrogens is 3. The maximum absolute atomic E-state index is 13.3. The summed E-state index contributed by atoms with van der Waals surface area (Å²) in [7, 11) is 0. The molecule has 0 saturated carbocycles. The van der Waals surface area contributed by atoms with Gasteiger partial charge in [0.15, 0.2) is 5.65 Å².